The van der Waals surface area contributed by atoms with Gasteiger partial charge in [0.2, 0.25) is 22.1 Å². The van der Waals surface area contributed by atoms with Gasteiger partial charge in [-0.25, -0.2) is 0 Å². The van der Waals surface area contributed by atoms with Crippen LogP contribution in [0.4, 0.5) is 16.0 Å². The Hall–Kier alpha value is -2.68. The zero-order valence-electron chi connectivity index (χ0n) is 17.6. The molecule has 4 heterocycles. The van der Waals surface area contributed by atoms with E-state index in [4.69, 9.17) is 0 Å². The van der Waals surface area contributed by atoms with Crippen molar-refractivity contribution in [2.75, 3.05) is 47.4 Å². The summed E-state index contributed by atoms with van der Waals surface area (Å²) in [7, 11) is 0. The molecule has 1 unspecified atom stereocenters. The van der Waals surface area contributed by atoms with Gasteiger partial charge in [0.1, 0.15) is 6.04 Å². The van der Waals surface area contributed by atoms with Crippen molar-refractivity contribution in [3.63, 3.8) is 0 Å². The zero-order valence-corrected chi connectivity index (χ0v) is 18.4. The maximum Gasteiger partial charge on any atom is 0.242 e. The molecule has 2 amide bonds. The van der Waals surface area contributed by atoms with Crippen LogP contribution in [0.1, 0.15) is 37.7 Å². The normalized spacial score (nSPS) is 21.0. The highest BCUT2D eigenvalue weighted by atomic mass is 32.1. The van der Waals surface area contributed by atoms with Gasteiger partial charge in [0, 0.05) is 44.8 Å². The fraction of sp³-hybridized carbons (Fsp3) is 0.545. The summed E-state index contributed by atoms with van der Waals surface area (Å²) in [6.45, 7) is 3.97. The molecular formula is C22H28N6O2S. The quantitative estimate of drug-likeness (QED) is 0.742. The molecule has 8 nitrogen and oxygen atoms in total. The fourth-order valence-corrected chi connectivity index (χ4v) is 5.79. The van der Waals surface area contributed by atoms with Crippen LogP contribution in [0.25, 0.3) is 0 Å². The summed E-state index contributed by atoms with van der Waals surface area (Å²) in [4.78, 5) is 31.1. The van der Waals surface area contributed by atoms with Crippen molar-refractivity contribution >= 4 is 39.1 Å². The Morgan fingerprint density at radius 1 is 1.06 bits per heavy atom. The Balaban J connectivity index is 1.18. The summed E-state index contributed by atoms with van der Waals surface area (Å²) in [6, 6.07) is 8.33. The number of para-hydroxylation sites is 1. The standard InChI is InChI=1S/C22H28N6O2S/c29-19-10-5-14-28(19)22-25-24-21(31-22)27-13-4-9-18(27)20(30)23-11-15-26-12-3-7-16-6-1-2-8-17(16)26/h1-2,6,8,18H,3-5,7,9-15H2,(H,23,30). The van der Waals surface area contributed by atoms with Crippen molar-refractivity contribution in [3.05, 3.63) is 29.8 Å². The monoisotopic (exact) mass is 440 g/mol. The minimum absolute atomic E-state index is 0.0526. The molecule has 0 saturated carbocycles. The van der Waals surface area contributed by atoms with Crippen molar-refractivity contribution in [3.8, 4) is 0 Å². The lowest BCUT2D eigenvalue weighted by Gasteiger charge is -2.31. The summed E-state index contributed by atoms with van der Waals surface area (Å²) in [6.07, 6.45) is 5.49. The number of hydrogen-bond acceptors (Lipinski definition) is 7. The van der Waals surface area contributed by atoms with Crippen molar-refractivity contribution < 1.29 is 9.59 Å². The summed E-state index contributed by atoms with van der Waals surface area (Å²) >= 11 is 1.41. The molecule has 3 aliphatic heterocycles. The lowest BCUT2D eigenvalue weighted by atomic mass is 10.0. The lowest BCUT2D eigenvalue weighted by molar-refractivity contribution is -0.122. The molecule has 31 heavy (non-hydrogen) atoms. The van der Waals surface area contributed by atoms with Crippen molar-refractivity contribution in [1.82, 2.24) is 15.5 Å². The molecule has 1 N–H and O–H groups in total. The van der Waals surface area contributed by atoms with Crippen molar-refractivity contribution in [2.45, 2.75) is 44.6 Å². The summed E-state index contributed by atoms with van der Waals surface area (Å²) in [5.74, 6) is 0.162. The van der Waals surface area contributed by atoms with Crippen molar-refractivity contribution in [1.29, 1.82) is 0 Å². The molecule has 0 radical (unpaired) electrons. The first-order valence-corrected chi connectivity index (χ1v) is 12.0. The average Bonchev–Trinajstić information content (AvgIpc) is 3.54. The molecule has 9 heteroatoms. The molecule has 5 rings (SSSR count). The lowest BCUT2D eigenvalue weighted by Crippen LogP contribution is -2.46. The van der Waals surface area contributed by atoms with Crippen LogP contribution in [-0.4, -0.2) is 60.8 Å². The molecule has 2 fully saturated rings. The summed E-state index contributed by atoms with van der Waals surface area (Å²) in [5.41, 5.74) is 2.69. The van der Waals surface area contributed by atoms with Gasteiger partial charge in [0.05, 0.1) is 0 Å². The average molecular weight is 441 g/mol. The molecule has 0 aliphatic carbocycles. The Morgan fingerprint density at radius 3 is 2.77 bits per heavy atom. The molecule has 3 aliphatic rings. The summed E-state index contributed by atoms with van der Waals surface area (Å²) < 4.78 is 0. The Bertz CT molecular complexity index is 963. The van der Waals surface area contributed by atoms with Gasteiger partial charge in [-0.15, -0.1) is 10.2 Å². The van der Waals surface area contributed by atoms with E-state index in [9.17, 15) is 9.59 Å². The molecule has 1 aromatic heterocycles. The van der Waals surface area contributed by atoms with Gasteiger partial charge in [-0.2, -0.15) is 0 Å². The minimum atomic E-state index is -0.219. The van der Waals surface area contributed by atoms with Crippen LogP contribution in [0, 0.1) is 0 Å². The predicted molar refractivity (Wildman–Crippen MR) is 122 cm³/mol. The van der Waals surface area contributed by atoms with E-state index in [2.05, 4.69) is 44.7 Å². The number of carbonyl (C=O) groups is 2. The summed E-state index contributed by atoms with van der Waals surface area (Å²) in [5, 5.41) is 13.0. The van der Waals surface area contributed by atoms with Crippen LogP contribution in [-0.2, 0) is 16.0 Å². The maximum atomic E-state index is 13.0. The zero-order chi connectivity index (χ0) is 21.2. The van der Waals surface area contributed by atoms with Crippen LogP contribution in [0.3, 0.4) is 0 Å². The van der Waals surface area contributed by atoms with Gasteiger partial charge < -0.3 is 15.1 Å². The largest absolute Gasteiger partial charge is 0.370 e. The number of rotatable bonds is 6. The number of benzene rings is 1. The number of anilines is 3. The topological polar surface area (TPSA) is 81.7 Å². The van der Waals surface area contributed by atoms with E-state index >= 15 is 0 Å². The number of nitrogens with zero attached hydrogens (tertiary/aromatic N) is 5. The van der Waals surface area contributed by atoms with E-state index in [0.717, 1.165) is 56.9 Å². The molecule has 0 bridgehead atoms. The molecular weight excluding hydrogens is 412 g/mol. The van der Waals surface area contributed by atoms with Crippen LogP contribution >= 0.6 is 11.3 Å². The molecule has 164 valence electrons. The van der Waals surface area contributed by atoms with E-state index in [1.165, 1.54) is 22.6 Å². The number of amides is 2. The maximum absolute atomic E-state index is 13.0. The molecule has 1 aromatic carbocycles. The smallest absolute Gasteiger partial charge is 0.242 e. The van der Waals surface area contributed by atoms with Crippen molar-refractivity contribution in [2.24, 2.45) is 0 Å². The Labute approximate surface area is 186 Å². The van der Waals surface area contributed by atoms with E-state index in [1.807, 2.05) is 4.90 Å². The SMILES string of the molecule is O=C(NCCN1CCCc2ccccc21)C1CCCN1c1nnc(N2CCCC2=O)s1. The van der Waals surface area contributed by atoms with Crippen LogP contribution in [0.2, 0.25) is 0 Å². The van der Waals surface area contributed by atoms with Gasteiger partial charge in [0.15, 0.2) is 0 Å². The van der Waals surface area contributed by atoms with E-state index in [0.29, 0.717) is 24.6 Å². The van der Waals surface area contributed by atoms with Gasteiger partial charge in [-0.05, 0) is 43.7 Å². The third-order valence-corrected chi connectivity index (χ3v) is 7.38. The highest BCUT2D eigenvalue weighted by Crippen LogP contribution is 2.33. The number of aryl methyl sites for hydroxylation is 1. The number of hydrogen-bond donors (Lipinski definition) is 1. The van der Waals surface area contributed by atoms with Gasteiger partial charge in [-0.1, -0.05) is 29.5 Å². The van der Waals surface area contributed by atoms with E-state index in [1.54, 1.807) is 4.90 Å². The number of nitrogens with one attached hydrogen (secondary N) is 1. The van der Waals surface area contributed by atoms with Gasteiger partial charge in [-0.3, -0.25) is 14.5 Å². The minimum Gasteiger partial charge on any atom is -0.370 e. The van der Waals surface area contributed by atoms with E-state index < -0.39 is 0 Å². The molecule has 0 spiro atoms. The molecule has 1 atom stereocenters. The number of aromatic nitrogens is 2. The molecule has 2 saturated heterocycles. The first-order chi connectivity index (χ1) is 15.2. The van der Waals surface area contributed by atoms with Gasteiger partial charge >= 0.3 is 0 Å². The number of fused-ring (bicyclic) bond motifs is 1. The first kappa shape index (κ1) is 20.2. The predicted octanol–water partition coefficient (Wildman–Crippen LogP) is 2.20. The van der Waals surface area contributed by atoms with Gasteiger partial charge in [0.25, 0.3) is 0 Å². The third kappa shape index (κ3) is 4.11. The highest BCUT2D eigenvalue weighted by molar-refractivity contribution is 7.19. The number of carbonyl (C=O) groups excluding carboxylic acids is 2. The highest BCUT2D eigenvalue weighted by Gasteiger charge is 2.34. The Morgan fingerprint density at radius 2 is 1.90 bits per heavy atom. The Kier molecular flexibility index (Phi) is 5.76. The fourth-order valence-electron chi connectivity index (χ4n) is 4.83. The van der Waals surface area contributed by atoms with Crippen LogP contribution in [0.15, 0.2) is 24.3 Å². The third-order valence-electron chi connectivity index (χ3n) is 6.40. The second-order valence-corrected chi connectivity index (χ2v) is 9.31. The van der Waals surface area contributed by atoms with Crippen LogP contribution in [0.5, 0.6) is 0 Å². The van der Waals surface area contributed by atoms with Crippen LogP contribution < -0.4 is 20.0 Å². The first-order valence-electron chi connectivity index (χ1n) is 11.2. The van der Waals surface area contributed by atoms with E-state index in [-0.39, 0.29) is 17.9 Å². The molecule has 2 aromatic rings. The second kappa shape index (κ2) is 8.82. The second-order valence-electron chi connectivity index (χ2n) is 8.38.